The molecule has 1 saturated heterocycles. The fourth-order valence-electron chi connectivity index (χ4n) is 2.59. The van der Waals surface area contributed by atoms with E-state index in [0.29, 0.717) is 18.7 Å². The first-order chi connectivity index (χ1) is 10.9. The first-order valence-corrected chi connectivity index (χ1v) is 8.98. The van der Waals surface area contributed by atoms with E-state index >= 15 is 0 Å². The number of carboxylic acids is 1. The first-order valence-electron chi connectivity index (χ1n) is 7.54. The van der Waals surface area contributed by atoms with Gasteiger partial charge in [0.15, 0.2) is 0 Å². The Balaban J connectivity index is 2.41. The number of sulfonamides is 1. The van der Waals surface area contributed by atoms with Crippen LogP contribution < -0.4 is 4.74 Å². The molecule has 0 spiro atoms. The summed E-state index contributed by atoms with van der Waals surface area (Å²) < 4.78 is 32.5. The molecule has 0 aliphatic carbocycles. The molecule has 1 heterocycles. The minimum Gasteiger partial charge on any atom is -0.495 e. The number of rotatable bonds is 5. The third kappa shape index (κ3) is 4.33. The molecule has 1 fully saturated rings. The summed E-state index contributed by atoms with van der Waals surface area (Å²) in [6.45, 7) is 1.00. The minimum absolute atomic E-state index is 0.0782. The molecule has 0 unspecified atom stereocenters. The number of methoxy groups -OCH3 is 1. The lowest BCUT2D eigenvalue weighted by Gasteiger charge is -2.21. The molecule has 0 atom stereocenters. The standard InChI is InChI=1S/C16H21NO5S/c1-22-14-8-6-13(7-9-16(18)19)12-15(14)23(20,21)17-10-4-2-3-5-11-17/h6-9,12H,2-5,10-11H2,1H3,(H,18,19)/b9-7-. The zero-order chi connectivity index (χ0) is 16.9. The van der Waals surface area contributed by atoms with Gasteiger partial charge in [-0.15, -0.1) is 0 Å². The van der Waals surface area contributed by atoms with Gasteiger partial charge in [0.05, 0.1) is 7.11 Å². The van der Waals surface area contributed by atoms with E-state index in [4.69, 9.17) is 9.84 Å². The Labute approximate surface area is 136 Å². The number of aliphatic carboxylic acids is 1. The molecular formula is C16H21NO5S. The molecule has 23 heavy (non-hydrogen) atoms. The Hall–Kier alpha value is -1.86. The maximum Gasteiger partial charge on any atom is 0.328 e. The topological polar surface area (TPSA) is 83.9 Å². The van der Waals surface area contributed by atoms with Gasteiger partial charge >= 0.3 is 5.97 Å². The molecule has 0 saturated carbocycles. The van der Waals surface area contributed by atoms with Crippen LogP contribution in [-0.2, 0) is 14.8 Å². The predicted molar refractivity (Wildman–Crippen MR) is 86.9 cm³/mol. The number of benzene rings is 1. The van der Waals surface area contributed by atoms with Crippen LogP contribution in [-0.4, -0.2) is 44.0 Å². The molecule has 1 aliphatic rings. The second-order valence-corrected chi connectivity index (χ2v) is 7.31. The Morgan fingerprint density at radius 1 is 1.22 bits per heavy atom. The average molecular weight is 339 g/mol. The lowest BCUT2D eigenvalue weighted by atomic mass is 10.2. The summed E-state index contributed by atoms with van der Waals surface area (Å²) in [5.74, 6) is -0.820. The molecule has 1 aliphatic heterocycles. The van der Waals surface area contributed by atoms with E-state index in [1.165, 1.54) is 23.6 Å². The van der Waals surface area contributed by atoms with Gasteiger partial charge in [-0.2, -0.15) is 4.31 Å². The molecule has 1 N–H and O–H groups in total. The van der Waals surface area contributed by atoms with Crippen molar-refractivity contribution in [1.29, 1.82) is 0 Å². The Kier molecular flexibility index (Phi) is 5.79. The van der Waals surface area contributed by atoms with Crippen molar-refractivity contribution < 1.29 is 23.1 Å². The van der Waals surface area contributed by atoms with Gasteiger partial charge < -0.3 is 9.84 Å². The highest BCUT2D eigenvalue weighted by molar-refractivity contribution is 7.89. The lowest BCUT2D eigenvalue weighted by molar-refractivity contribution is -0.131. The van der Waals surface area contributed by atoms with Gasteiger partial charge in [0.25, 0.3) is 0 Å². The molecule has 2 rings (SSSR count). The summed E-state index contributed by atoms with van der Waals surface area (Å²) in [6, 6.07) is 4.63. The fraction of sp³-hybridized carbons (Fsp3) is 0.438. The zero-order valence-electron chi connectivity index (χ0n) is 13.1. The van der Waals surface area contributed by atoms with E-state index in [9.17, 15) is 13.2 Å². The second kappa shape index (κ2) is 7.61. The van der Waals surface area contributed by atoms with Gasteiger partial charge in [-0.1, -0.05) is 18.9 Å². The van der Waals surface area contributed by atoms with E-state index in [-0.39, 0.29) is 10.6 Å². The fourth-order valence-corrected chi connectivity index (χ4v) is 4.29. The van der Waals surface area contributed by atoms with E-state index < -0.39 is 16.0 Å². The van der Waals surface area contributed by atoms with E-state index in [0.717, 1.165) is 31.8 Å². The highest BCUT2D eigenvalue weighted by atomic mass is 32.2. The molecule has 0 radical (unpaired) electrons. The van der Waals surface area contributed by atoms with Crippen LogP contribution in [0, 0.1) is 0 Å². The number of nitrogens with zero attached hydrogens (tertiary/aromatic N) is 1. The summed E-state index contributed by atoms with van der Waals surface area (Å²) in [4.78, 5) is 10.7. The minimum atomic E-state index is -3.66. The van der Waals surface area contributed by atoms with Crippen LogP contribution in [0.15, 0.2) is 29.2 Å². The van der Waals surface area contributed by atoms with Gasteiger partial charge in [-0.3, -0.25) is 0 Å². The molecule has 0 amide bonds. The Morgan fingerprint density at radius 3 is 2.43 bits per heavy atom. The summed E-state index contributed by atoms with van der Waals surface area (Å²) in [5, 5.41) is 8.70. The van der Waals surface area contributed by atoms with Crippen molar-refractivity contribution in [2.75, 3.05) is 20.2 Å². The predicted octanol–water partition coefficient (Wildman–Crippen LogP) is 2.36. The third-order valence-corrected chi connectivity index (χ3v) is 5.71. The molecule has 1 aromatic carbocycles. The van der Waals surface area contributed by atoms with Crippen LogP contribution in [0.4, 0.5) is 0 Å². The van der Waals surface area contributed by atoms with Crippen molar-refractivity contribution in [2.24, 2.45) is 0 Å². The molecule has 7 heteroatoms. The number of hydrogen-bond acceptors (Lipinski definition) is 4. The summed E-state index contributed by atoms with van der Waals surface area (Å²) in [6.07, 6.45) is 6.10. The summed E-state index contributed by atoms with van der Waals surface area (Å²) >= 11 is 0. The van der Waals surface area contributed by atoms with Crippen LogP contribution >= 0.6 is 0 Å². The average Bonchev–Trinajstić information content (AvgIpc) is 2.82. The van der Waals surface area contributed by atoms with Gasteiger partial charge in [0.1, 0.15) is 10.6 Å². The van der Waals surface area contributed by atoms with Crippen LogP contribution in [0.25, 0.3) is 6.08 Å². The smallest absolute Gasteiger partial charge is 0.328 e. The highest BCUT2D eigenvalue weighted by Gasteiger charge is 2.28. The van der Waals surface area contributed by atoms with Crippen molar-refractivity contribution >= 4 is 22.1 Å². The largest absolute Gasteiger partial charge is 0.495 e. The second-order valence-electron chi connectivity index (χ2n) is 5.40. The van der Waals surface area contributed by atoms with E-state index in [2.05, 4.69) is 0 Å². The molecule has 6 nitrogen and oxygen atoms in total. The summed E-state index contributed by atoms with van der Waals surface area (Å²) in [7, 11) is -2.24. The van der Waals surface area contributed by atoms with Crippen LogP contribution in [0.1, 0.15) is 31.2 Å². The SMILES string of the molecule is COc1ccc(/C=C\C(=O)O)cc1S(=O)(=O)N1CCCCCC1. The van der Waals surface area contributed by atoms with Crippen LogP contribution in [0.2, 0.25) is 0 Å². The third-order valence-electron chi connectivity index (χ3n) is 3.79. The maximum atomic E-state index is 12.9. The Bertz CT molecular complexity index is 688. The van der Waals surface area contributed by atoms with Crippen molar-refractivity contribution in [2.45, 2.75) is 30.6 Å². The maximum absolute atomic E-state index is 12.9. The van der Waals surface area contributed by atoms with Crippen LogP contribution in [0.5, 0.6) is 5.75 Å². The van der Waals surface area contributed by atoms with Gasteiger partial charge in [-0.25, -0.2) is 13.2 Å². The molecule has 0 aromatic heterocycles. The monoisotopic (exact) mass is 339 g/mol. The van der Waals surface area contributed by atoms with E-state index in [1.54, 1.807) is 12.1 Å². The molecule has 1 aromatic rings. The van der Waals surface area contributed by atoms with Gasteiger partial charge in [-0.05, 0) is 36.6 Å². The number of carbonyl (C=O) groups is 1. The molecule has 0 bridgehead atoms. The molecular weight excluding hydrogens is 318 g/mol. The van der Waals surface area contributed by atoms with Crippen molar-refractivity contribution in [3.8, 4) is 5.75 Å². The summed E-state index contributed by atoms with van der Waals surface area (Å²) in [5.41, 5.74) is 0.501. The number of carboxylic acid groups (broad SMARTS) is 1. The van der Waals surface area contributed by atoms with Gasteiger partial charge in [0.2, 0.25) is 10.0 Å². The normalized spacial score (nSPS) is 17.1. The lowest BCUT2D eigenvalue weighted by Crippen LogP contribution is -2.32. The van der Waals surface area contributed by atoms with Gasteiger partial charge in [0, 0.05) is 19.2 Å². The number of ether oxygens (including phenoxy) is 1. The zero-order valence-corrected chi connectivity index (χ0v) is 13.9. The quantitative estimate of drug-likeness (QED) is 0.833. The first kappa shape index (κ1) is 17.5. The van der Waals surface area contributed by atoms with Crippen molar-refractivity contribution in [3.05, 3.63) is 29.8 Å². The van der Waals surface area contributed by atoms with Crippen LogP contribution in [0.3, 0.4) is 0 Å². The molecule has 126 valence electrons. The Morgan fingerprint density at radius 2 is 1.87 bits per heavy atom. The highest BCUT2D eigenvalue weighted by Crippen LogP contribution is 2.29. The number of hydrogen-bond donors (Lipinski definition) is 1. The van der Waals surface area contributed by atoms with Crippen molar-refractivity contribution in [3.63, 3.8) is 0 Å². The van der Waals surface area contributed by atoms with E-state index in [1.807, 2.05) is 0 Å². The van der Waals surface area contributed by atoms with Crippen molar-refractivity contribution in [1.82, 2.24) is 4.31 Å².